The summed E-state index contributed by atoms with van der Waals surface area (Å²) in [6.45, 7) is 2.38. The first kappa shape index (κ1) is 16.0. The van der Waals surface area contributed by atoms with Crippen molar-refractivity contribution in [1.29, 1.82) is 0 Å². The van der Waals surface area contributed by atoms with Crippen LogP contribution >= 0.6 is 0 Å². The van der Waals surface area contributed by atoms with Crippen LogP contribution in [0.2, 0.25) is 0 Å². The SMILES string of the molecule is CCC(=NO)c1ccccc1OCCCC(=O)N(C)C. The number of hydrogen-bond donors (Lipinski definition) is 1. The lowest BCUT2D eigenvalue weighted by molar-refractivity contribution is -0.128. The van der Waals surface area contributed by atoms with E-state index in [-0.39, 0.29) is 5.91 Å². The van der Waals surface area contributed by atoms with Gasteiger partial charge >= 0.3 is 0 Å². The highest BCUT2D eigenvalue weighted by Crippen LogP contribution is 2.20. The molecule has 0 aliphatic rings. The third-order valence-electron chi connectivity index (χ3n) is 2.94. The van der Waals surface area contributed by atoms with E-state index in [1.54, 1.807) is 19.0 Å². The molecule has 1 aromatic carbocycles. The van der Waals surface area contributed by atoms with Crippen LogP contribution < -0.4 is 4.74 Å². The van der Waals surface area contributed by atoms with Gasteiger partial charge in [0.1, 0.15) is 5.75 Å². The molecule has 0 atom stereocenters. The first-order chi connectivity index (χ1) is 9.60. The van der Waals surface area contributed by atoms with Crippen molar-refractivity contribution < 1.29 is 14.7 Å². The molecule has 110 valence electrons. The fraction of sp³-hybridized carbons (Fsp3) is 0.467. The van der Waals surface area contributed by atoms with Gasteiger partial charge in [-0.15, -0.1) is 0 Å². The van der Waals surface area contributed by atoms with Crippen LogP contribution in [-0.4, -0.2) is 42.4 Å². The predicted octanol–water partition coefficient (Wildman–Crippen LogP) is 2.52. The van der Waals surface area contributed by atoms with Crippen LogP contribution in [0, 0.1) is 0 Å². The molecule has 0 unspecified atom stereocenters. The van der Waals surface area contributed by atoms with Gasteiger partial charge in [-0.05, 0) is 25.0 Å². The molecule has 0 bridgehead atoms. The second-order valence-electron chi connectivity index (χ2n) is 4.64. The van der Waals surface area contributed by atoms with Crippen LogP contribution in [0.1, 0.15) is 31.7 Å². The van der Waals surface area contributed by atoms with Crippen LogP contribution in [0.25, 0.3) is 0 Å². The number of carbonyl (C=O) groups excluding carboxylic acids is 1. The van der Waals surface area contributed by atoms with Gasteiger partial charge in [-0.2, -0.15) is 0 Å². The first-order valence-corrected chi connectivity index (χ1v) is 6.73. The molecule has 1 N–H and O–H groups in total. The predicted molar refractivity (Wildman–Crippen MR) is 78.5 cm³/mol. The van der Waals surface area contributed by atoms with Crippen molar-refractivity contribution >= 4 is 11.6 Å². The summed E-state index contributed by atoms with van der Waals surface area (Å²) in [5.41, 5.74) is 1.38. The van der Waals surface area contributed by atoms with Gasteiger partial charge in [0.15, 0.2) is 0 Å². The average molecular weight is 278 g/mol. The average Bonchev–Trinajstić information content (AvgIpc) is 2.45. The number of nitrogens with zero attached hydrogens (tertiary/aromatic N) is 2. The number of carbonyl (C=O) groups is 1. The topological polar surface area (TPSA) is 62.1 Å². The second-order valence-corrected chi connectivity index (χ2v) is 4.64. The summed E-state index contributed by atoms with van der Waals surface area (Å²) in [5.74, 6) is 0.771. The van der Waals surface area contributed by atoms with Crippen molar-refractivity contribution in [2.75, 3.05) is 20.7 Å². The van der Waals surface area contributed by atoms with Crippen molar-refractivity contribution in [2.45, 2.75) is 26.2 Å². The van der Waals surface area contributed by atoms with Crippen molar-refractivity contribution in [2.24, 2.45) is 5.16 Å². The van der Waals surface area contributed by atoms with E-state index in [9.17, 15) is 4.79 Å². The van der Waals surface area contributed by atoms with Gasteiger partial charge in [-0.25, -0.2) is 0 Å². The lowest BCUT2D eigenvalue weighted by Gasteiger charge is -2.13. The monoisotopic (exact) mass is 278 g/mol. The molecular weight excluding hydrogens is 256 g/mol. The maximum absolute atomic E-state index is 11.4. The maximum atomic E-state index is 11.4. The maximum Gasteiger partial charge on any atom is 0.222 e. The molecule has 0 radical (unpaired) electrons. The van der Waals surface area contributed by atoms with Gasteiger partial charge in [0.05, 0.1) is 12.3 Å². The molecule has 20 heavy (non-hydrogen) atoms. The van der Waals surface area contributed by atoms with E-state index < -0.39 is 0 Å². The Morgan fingerprint density at radius 3 is 2.65 bits per heavy atom. The molecule has 0 saturated carbocycles. The zero-order chi connectivity index (χ0) is 15.0. The molecule has 1 rings (SSSR count). The minimum Gasteiger partial charge on any atom is -0.493 e. The zero-order valence-corrected chi connectivity index (χ0v) is 12.3. The Bertz CT molecular complexity index is 470. The summed E-state index contributed by atoms with van der Waals surface area (Å²) in [4.78, 5) is 13.0. The van der Waals surface area contributed by atoms with E-state index in [0.29, 0.717) is 37.3 Å². The van der Waals surface area contributed by atoms with Gasteiger partial charge in [0.2, 0.25) is 5.91 Å². The normalized spacial score (nSPS) is 11.2. The number of oxime groups is 1. The molecule has 0 heterocycles. The quantitative estimate of drug-likeness (QED) is 0.361. The summed E-state index contributed by atoms with van der Waals surface area (Å²) < 4.78 is 5.69. The highest BCUT2D eigenvalue weighted by Gasteiger charge is 2.09. The van der Waals surface area contributed by atoms with E-state index in [4.69, 9.17) is 9.94 Å². The summed E-state index contributed by atoms with van der Waals surface area (Å²) in [5, 5.41) is 12.3. The molecule has 0 aliphatic carbocycles. The van der Waals surface area contributed by atoms with Crippen molar-refractivity contribution in [3.05, 3.63) is 29.8 Å². The van der Waals surface area contributed by atoms with E-state index in [1.165, 1.54) is 0 Å². The lowest BCUT2D eigenvalue weighted by Crippen LogP contribution is -2.21. The minimum atomic E-state index is 0.0908. The Balaban J connectivity index is 2.58. The number of hydrogen-bond acceptors (Lipinski definition) is 4. The van der Waals surface area contributed by atoms with Crippen molar-refractivity contribution in [3.8, 4) is 5.75 Å². The van der Waals surface area contributed by atoms with E-state index >= 15 is 0 Å². The summed E-state index contributed by atoms with van der Waals surface area (Å²) in [6.07, 6.45) is 1.74. The Kier molecular flexibility index (Phi) is 6.56. The van der Waals surface area contributed by atoms with Crippen LogP contribution in [0.3, 0.4) is 0 Å². The molecule has 0 aliphatic heterocycles. The molecule has 0 fully saturated rings. The van der Waals surface area contributed by atoms with Gasteiger partial charge < -0.3 is 14.8 Å². The summed E-state index contributed by atoms with van der Waals surface area (Å²) in [6, 6.07) is 7.44. The number of ether oxygens (including phenoxy) is 1. The van der Waals surface area contributed by atoms with Crippen LogP contribution in [0.4, 0.5) is 0 Å². The molecule has 5 nitrogen and oxygen atoms in total. The Morgan fingerprint density at radius 1 is 1.35 bits per heavy atom. The molecule has 0 spiro atoms. The molecular formula is C15H22N2O3. The van der Waals surface area contributed by atoms with Crippen LogP contribution in [-0.2, 0) is 4.79 Å². The van der Waals surface area contributed by atoms with Crippen molar-refractivity contribution in [3.63, 3.8) is 0 Å². The number of benzene rings is 1. The van der Waals surface area contributed by atoms with Gasteiger partial charge in [-0.1, -0.05) is 24.2 Å². The summed E-state index contributed by atoms with van der Waals surface area (Å²) >= 11 is 0. The van der Waals surface area contributed by atoms with Gasteiger partial charge in [0.25, 0.3) is 0 Å². The smallest absolute Gasteiger partial charge is 0.222 e. The fourth-order valence-corrected chi connectivity index (χ4v) is 1.78. The highest BCUT2D eigenvalue weighted by atomic mass is 16.5. The van der Waals surface area contributed by atoms with Gasteiger partial charge in [-0.3, -0.25) is 4.79 Å². The molecule has 1 amide bonds. The van der Waals surface area contributed by atoms with E-state index in [2.05, 4.69) is 5.16 Å². The summed E-state index contributed by atoms with van der Waals surface area (Å²) in [7, 11) is 3.48. The fourth-order valence-electron chi connectivity index (χ4n) is 1.78. The van der Waals surface area contributed by atoms with Crippen LogP contribution in [0.5, 0.6) is 5.75 Å². The third kappa shape index (κ3) is 4.57. The molecule has 5 heteroatoms. The van der Waals surface area contributed by atoms with Gasteiger partial charge in [0, 0.05) is 26.1 Å². The van der Waals surface area contributed by atoms with E-state index in [0.717, 1.165) is 5.56 Å². The standard InChI is InChI=1S/C15H22N2O3/c1-4-13(16-19)12-8-5-6-9-14(12)20-11-7-10-15(18)17(2)3/h5-6,8-9,19H,4,7,10-11H2,1-3H3. The Labute approximate surface area is 119 Å². The molecule has 0 aromatic heterocycles. The number of para-hydroxylation sites is 1. The third-order valence-corrected chi connectivity index (χ3v) is 2.94. The van der Waals surface area contributed by atoms with Crippen LogP contribution in [0.15, 0.2) is 29.4 Å². The Morgan fingerprint density at radius 2 is 2.05 bits per heavy atom. The largest absolute Gasteiger partial charge is 0.493 e. The van der Waals surface area contributed by atoms with Crippen molar-refractivity contribution in [1.82, 2.24) is 4.90 Å². The number of rotatable bonds is 7. The molecule has 0 saturated heterocycles. The van der Waals surface area contributed by atoms with E-state index in [1.807, 2.05) is 31.2 Å². The minimum absolute atomic E-state index is 0.0908. The molecule has 1 aromatic rings. The lowest BCUT2D eigenvalue weighted by atomic mass is 10.1. The second kappa shape index (κ2) is 8.19. The Hall–Kier alpha value is -2.04. The zero-order valence-electron chi connectivity index (χ0n) is 12.3. The highest BCUT2D eigenvalue weighted by molar-refractivity contribution is 6.02. The first-order valence-electron chi connectivity index (χ1n) is 6.73. The number of amides is 1.